The van der Waals surface area contributed by atoms with Crippen molar-refractivity contribution in [2.24, 2.45) is 5.92 Å². The average molecular weight is 345 g/mol. The number of hydrogen-bond donors (Lipinski definition) is 0. The molecule has 0 amide bonds. The highest BCUT2D eigenvalue weighted by molar-refractivity contribution is 6.70. The topological polar surface area (TPSA) is 18.5 Å². The lowest BCUT2D eigenvalue weighted by Crippen LogP contribution is -2.53. The maximum Gasteiger partial charge on any atom is 0.344 e. The van der Waals surface area contributed by atoms with Crippen LogP contribution in [0.15, 0.2) is 0 Å². The van der Waals surface area contributed by atoms with Crippen LogP contribution in [0.5, 0.6) is 0 Å². The molecule has 0 radical (unpaired) electrons. The van der Waals surface area contributed by atoms with E-state index in [4.69, 9.17) is 8.85 Å². The third kappa shape index (κ3) is 7.70. The van der Waals surface area contributed by atoms with Gasteiger partial charge in [0, 0.05) is 18.3 Å². The molecule has 0 aromatic rings. The number of unbranched alkanes of at least 4 members (excludes halogenated alkanes) is 7. The molecule has 0 atom stereocenters. The summed E-state index contributed by atoms with van der Waals surface area (Å²) in [7, 11) is -2.17. The third-order valence-electron chi connectivity index (χ3n) is 5.54. The molecule has 0 saturated heterocycles. The minimum atomic E-state index is -2.17. The molecule has 23 heavy (non-hydrogen) atoms. The summed E-state index contributed by atoms with van der Waals surface area (Å²) in [5.74, 6) is 0.585. The van der Waals surface area contributed by atoms with E-state index in [-0.39, 0.29) is 5.04 Å². The molecule has 0 bridgehead atoms. The molecule has 0 aromatic carbocycles. The van der Waals surface area contributed by atoms with Gasteiger partial charge in [-0.25, -0.2) is 0 Å². The third-order valence-corrected chi connectivity index (χ3v) is 10.6. The SMILES string of the molecule is CCCCCCCCCC[Si](OCC)(OCC)C(C)(C)C(C)C. The van der Waals surface area contributed by atoms with Crippen LogP contribution in [0.1, 0.15) is 99.8 Å². The van der Waals surface area contributed by atoms with E-state index >= 15 is 0 Å². The lowest BCUT2D eigenvalue weighted by Gasteiger charge is -2.45. The Morgan fingerprint density at radius 3 is 1.57 bits per heavy atom. The summed E-state index contributed by atoms with van der Waals surface area (Å²) in [5.41, 5.74) is 0. The zero-order valence-electron chi connectivity index (χ0n) is 17.2. The summed E-state index contributed by atoms with van der Waals surface area (Å²) in [6.45, 7) is 17.4. The van der Waals surface area contributed by atoms with Crippen molar-refractivity contribution in [1.29, 1.82) is 0 Å². The van der Waals surface area contributed by atoms with Crippen LogP contribution in [-0.4, -0.2) is 21.8 Å². The Hall–Kier alpha value is 0.137. The maximum atomic E-state index is 6.37. The molecular formula is C20H44O2Si. The van der Waals surface area contributed by atoms with Gasteiger partial charge in [-0.2, -0.15) is 0 Å². The van der Waals surface area contributed by atoms with Crippen LogP contribution in [0, 0.1) is 5.92 Å². The largest absolute Gasteiger partial charge is 0.394 e. The van der Waals surface area contributed by atoms with E-state index in [1.807, 2.05) is 0 Å². The number of hydrogen-bond acceptors (Lipinski definition) is 2. The molecule has 0 aromatic heterocycles. The molecule has 0 heterocycles. The minimum Gasteiger partial charge on any atom is -0.394 e. The number of rotatable bonds is 15. The van der Waals surface area contributed by atoms with Crippen LogP contribution in [0.4, 0.5) is 0 Å². The second-order valence-corrected chi connectivity index (χ2v) is 11.6. The maximum absolute atomic E-state index is 6.37. The van der Waals surface area contributed by atoms with Gasteiger partial charge in [0.2, 0.25) is 0 Å². The van der Waals surface area contributed by atoms with Gasteiger partial charge in [0.05, 0.1) is 0 Å². The fourth-order valence-corrected chi connectivity index (χ4v) is 7.57. The molecule has 140 valence electrons. The fraction of sp³-hybridized carbons (Fsp3) is 1.00. The van der Waals surface area contributed by atoms with Crippen molar-refractivity contribution >= 4 is 8.56 Å². The molecule has 0 unspecified atom stereocenters. The van der Waals surface area contributed by atoms with Gasteiger partial charge in [0.1, 0.15) is 0 Å². The molecule has 2 nitrogen and oxygen atoms in total. The Bertz CT molecular complexity index is 271. The Labute approximate surface area is 148 Å². The van der Waals surface area contributed by atoms with Crippen molar-refractivity contribution in [3.63, 3.8) is 0 Å². The summed E-state index contributed by atoms with van der Waals surface area (Å²) in [4.78, 5) is 0. The Morgan fingerprint density at radius 2 is 1.17 bits per heavy atom. The Kier molecular flexibility index (Phi) is 12.6. The summed E-state index contributed by atoms with van der Waals surface area (Å²) in [6.07, 6.45) is 10.9. The molecule has 3 heteroatoms. The van der Waals surface area contributed by atoms with E-state index in [9.17, 15) is 0 Å². The normalized spacial score (nSPS) is 13.0. The molecule has 0 fully saturated rings. The molecule has 0 aliphatic rings. The van der Waals surface area contributed by atoms with E-state index in [1.165, 1.54) is 51.4 Å². The minimum absolute atomic E-state index is 0.153. The fourth-order valence-electron chi connectivity index (χ4n) is 3.28. The van der Waals surface area contributed by atoms with Crippen molar-refractivity contribution in [3.05, 3.63) is 0 Å². The van der Waals surface area contributed by atoms with Gasteiger partial charge >= 0.3 is 8.56 Å². The van der Waals surface area contributed by atoms with Crippen molar-refractivity contribution < 1.29 is 8.85 Å². The van der Waals surface area contributed by atoms with E-state index in [0.717, 1.165) is 19.3 Å². The summed E-state index contributed by atoms with van der Waals surface area (Å²) < 4.78 is 12.7. The zero-order valence-corrected chi connectivity index (χ0v) is 18.2. The highest BCUT2D eigenvalue weighted by Crippen LogP contribution is 2.48. The first kappa shape index (κ1) is 23.1. The molecule has 0 aliphatic heterocycles. The first-order chi connectivity index (χ1) is 10.9. The van der Waals surface area contributed by atoms with Crippen molar-refractivity contribution in [2.75, 3.05) is 13.2 Å². The van der Waals surface area contributed by atoms with Crippen LogP contribution >= 0.6 is 0 Å². The summed E-state index contributed by atoms with van der Waals surface area (Å²) in [6, 6.07) is 1.15. The smallest absolute Gasteiger partial charge is 0.344 e. The van der Waals surface area contributed by atoms with Crippen LogP contribution in [-0.2, 0) is 8.85 Å². The molecule has 0 spiro atoms. The van der Waals surface area contributed by atoms with Gasteiger partial charge in [-0.3, -0.25) is 0 Å². The molecule has 0 saturated carbocycles. The summed E-state index contributed by atoms with van der Waals surface area (Å²) >= 11 is 0. The van der Waals surface area contributed by atoms with Crippen molar-refractivity contribution in [1.82, 2.24) is 0 Å². The van der Waals surface area contributed by atoms with Gasteiger partial charge in [-0.1, -0.05) is 86.0 Å². The monoisotopic (exact) mass is 344 g/mol. The van der Waals surface area contributed by atoms with Gasteiger partial charge in [-0.05, 0) is 25.8 Å². The van der Waals surface area contributed by atoms with Crippen LogP contribution in [0.25, 0.3) is 0 Å². The van der Waals surface area contributed by atoms with E-state index < -0.39 is 8.56 Å². The standard InChI is InChI=1S/C20H44O2Si/c1-8-11-12-13-14-15-16-17-18-23(21-9-2,22-10-3)20(6,7)19(4)5/h19H,8-18H2,1-7H3. The second kappa shape index (κ2) is 12.5. The van der Waals surface area contributed by atoms with Crippen LogP contribution in [0.3, 0.4) is 0 Å². The van der Waals surface area contributed by atoms with E-state index in [2.05, 4.69) is 48.5 Å². The lowest BCUT2D eigenvalue weighted by molar-refractivity contribution is 0.144. The predicted octanol–water partition coefficient (Wildman–Crippen LogP) is 7.08. The Balaban J connectivity index is 4.48. The lowest BCUT2D eigenvalue weighted by atomic mass is 9.99. The quantitative estimate of drug-likeness (QED) is 0.233. The van der Waals surface area contributed by atoms with Gasteiger partial charge in [0.15, 0.2) is 0 Å². The van der Waals surface area contributed by atoms with Crippen LogP contribution < -0.4 is 0 Å². The predicted molar refractivity (Wildman–Crippen MR) is 105 cm³/mol. The molecule has 0 N–H and O–H groups in total. The zero-order chi connectivity index (χ0) is 17.8. The molecule has 0 aliphatic carbocycles. The van der Waals surface area contributed by atoms with Gasteiger partial charge < -0.3 is 8.85 Å². The Morgan fingerprint density at radius 1 is 0.739 bits per heavy atom. The van der Waals surface area contributed by atoms with E-state index in [0.29, 0.717) is 5.92 Å². The van der Waals surface area contributed by atoms with Gasteiger partial charge in [0.25, 0.3) is 0 Å². The van der Waals surface area contributed by atoms with Gasteiger partial charge in [-0.15, -0.1) is 0 Å². The first-order valence-electron chi connectivity index (χ1n) is 10.2. The van der Waals surface area contributed by atoms with Crippen molar-refractivity contribution in [2.45, 2.75) is 111 Å². The van der Waals surface area contributed by atoms with Crippen LogP contribution in [0.2, 0.25) is 11.1 Å². The van der Waals surface area contributed by atoms with E-state index in [1.54, 1.807) is 0 Å². The summed E-state index contributed by atoms with van der Waals surface area (Å²) in [5, 5.41) is 0.153. The second-order valence-electron chi connectivity index (χ2n) is 7.72. The van der Waals surface area contributed by atoms with Crippen molar-refractivity contribution in [3.8, 4) is 0 Å². The molecular weight excluding hydrogens is 300 g/mol. The first-order valence-corrected chi connectivity index (χ1v) is 12.2. The highest BCUT2D eigenvalue weighted by atomic mass is 28.4. The highest BCUT2D eigenvalue weighted by Gasteiger charge is 2.52. The average Bonchev–Trinajstić information content (AvgIpc) is 2.49. The molecule has 0 rings (SSSR count).